The summed E-state index contributed by atoms with van der Waals surface area (Å²) in [5.74, 6) is 0.960. The van der Waals surface area contributed by atoms with Crippen molar-refractivity contribution in [1.29, 1.82) is 0 Å². The second-order valence-corrected chi connectivity index (χ2v) is 6.05. The second kappa shape index (κ2) is 5.92. The van der Waals surface area contributed by atoms with Gasteiger partial charge in [-0.25, -0.2) is 4.98 Å². The number of anilines is 2. The van der Waals surface area contributed by atoms with Crippen molar-refractivity contribution in [2.24, 2.45) is 7.05 Å². The van der Waals surface area contributed by atoms with Gasteiger partial charge in [-0.05, 0) is 26.2 Å². The molecule has 0 aliphatic heterocycles. The Kier molecular flexibility index (Phi) is 3.99. The quantitative estimate of drug-likeness (QED) is 0.932. The number of rotatable bonds is 4. The van der Waals surface area contributed by atoms with Gasteiger partial charge in [0, 0.05) is 25.5 Å². The molecule has 1 aliphatic rings. The Balaban J connectivity index is 1.87. The Labute approximate surface area is 126 Å². The Morgan fingerprint density at radius 3 is 2.71 bits per heavy atom. The molecule has 0 radical (unpaired) electrons. The van der Waals surface area contributed by atoms with Crippen LogP contribution in [0.5, 0.6) is 0 Å². The first-order valence-electron chi connectivity index (χ1n) is 8.02. The molecule has 1 saturated carbocycles. The van der Waals surface area contributed by atoms with Crippen LogP contribution >= 0.6 is 0 Å². The minimum Gasteiger partial charge on any atom is -0.323 e. The third kappa shape index (κ3) is 2.96. The maximum Gasteiger partial charge on any atom is 0.207 e. The molecule has 2 heterocycles. The first kappa shape index (κ1) is 14.2. The summed E-state index contributed by atoms with van der Waals surface area (Å²) >= 11 is 0. The lowest BCUT2D eigenvalue weighted by Crippen LogP contribution is -2.14. The fourth-order valence-electron chi connectivity index (χ4n) is 3.27. The molecule has 114 valence electrons. The van der Waals surface area contributed by atoms with E-state index in [1.807, 2.05) is 17.9 Å². The monoisotopic (exact) mass is 287 g/mol. The van der Waals surface area contributed by atoms with Crippen molar-refractivity contribution < 1.29 is 0 Å². The number of hydrogen-bond acceptors (Lipinski definition) is 3. The van der Waals surface area contributed by atoms with Gasteiger partial charge in [-0.3, -0.25) is 4.68 Å². The number of aryl methyl sites for hydroxylation is 3. The minimum atomic E-state index is 0.587. The molecule has 0 saturated heterocycles. The molecule has 1 N–H and O–H groups in total. The molecule has 0 atom stereocenters. The summed E-state index contributed by atoms with van der Waals surface area (Å²) in [7, 11) is 1.96. The normalized spacial score (nSPS) is 16.3. The third-order valence-corrected chi connectivity index (χ3v) is 4.31. The van der Waals surface area contributed by atoms with E-state index in [0.717, 1.165) is 29.4 Å². The molecular weight excluding hydrogens is 262 g/mol. The zero-order valence-electron chi connectivity index (χ0n) is 13.3. The number of imidazole rings is 1. The molecule has 0 amide bonds. The van der Waals surface area contributed by atoms with E-state index >= 15 is 0 Å². The molecule has 5 nitrogen and oxygen atoms in total. The fraction of sp³-hybridized carbons (Fsp3) is 0.625. The largest absolute Gasteiger partial charge is 0.323 e. The Hall–Kier alpha value is -1.78. The molecule has 0 bridgehead atoms. The highest BCUT2D eigenvalue weighted by Crippen LogP contribution is 2.32. The van der Waals surface area contributed by atoms with E-state index in [1.54, 1.807) is 0 Å². The molecule has 1 fully saturated rings. The Bertz CT molecular complexity index is 604. The SMILES string of the molecule is CCc1nn(C)cc1Nc1nc(C)cn1C1CCCCC1. The van der Waals surface area contributed by atoms with E-state index in [0.29, 0.717) is 6.04 Å². The highest BCUT2D eigenvalue weighted by molar-refractivity contribution is 5.56. The molecule has 21 heavy (non-hydrogen) atoms. The van der Waals surface area contributed by atoms with Gasteiger partial charge in [0.1, 0.15) is 0 Å². The first-order valence-corrected chi connectivity index (χ1v) is 8.02. The van der Waals surface area contributed by atoms with Gasteiger partial charge in [0.15, 0.2) is 0 Å². The number of nitrogens with zero attached hydrogens (tertiary/aromatic N) is 4. The predicted molar refractivity (Wildman–Crippen MR) is 85.0 cm³/mol. The molecule has 0 spiro atoms. The summed E-state index contributed by atoms with van der Waals surface area (Å²) in [6, 6.07) is 0.587. The smallest absolute Gasteiger partial charge is 0.207 e. The van der Waals surface area contributed by atoms with Gasteiger partial charge in [0.05, 0.1) is 17.1 Å². The van der Waals surface area contributed by atoms with Crippen LogP contribution in [0.3, 0.4) is 0 Å². The number of hydrogen-bond donors (Lipinski definition) is 1. The average Bonchev–Trinajstić information content (AvgIpc) is 3.03. The van der Waals surface area contributed by atoms with Gasteiger partial charge < -0.3 is 9.88 Å². The van der Waals surface area contributed by atoms with Crippen LogP contribution in [0, 0.1) is 6.92 Å². The Morgan fingerprint density at radius 1 is 1.24 bits per heavy atom. The van der Waals surface area contributed by atoms with Crippen LogP contribution in [0.2, 0.25) is 0 Å². The van der Waals surface area contributed by atoms with E-state index in [4.69, 9.17) is 0 Å². The number of nitrogens with one attached hydrogen (secondary N) is 1. The summed E-state index contributed by atoms with van der Waals surface area (Å²) in [6.45, 7) is 4.20. The Morgan fingerprint density at radius 2 is 2.00 bits per heavy atom. The summed E-state index contributed by atoms with van der Waals surface area (Å²) in [5.41, 5.74) is 3.24. The van der Waals surface area contributed by atoms with Crippen molar-refractivity contribution in [3.8, 4) is 0 Å². The van der Waals surface area contributed by atoms with Crippen molar-refractivity contribution in [1.82, 2.24) is 19.3 Å². The highest BCUT2D eigenvalue weighted by Gasteiger charge is 2.19. The first-order chi connectivity index (χ1) is 10.2. The van der Waals surface area contributed by atoms with Crippen LogP contribution in [-0.2, 0) is 13.5 Å². The van der Waals surface area contributed by atoms with Gasteiger partial charge in [-0.15, -0.1) is 0 Å². The van der Waals surface area contributed by atoms with E-state index in [9.17, 15) is 0 Å². The van der Waals surface area contributed by atoms with E-state index in [2.05, 4.69) is 40.0 Å². The fourth-order valence-corrected chi connectivity index (χ4v) is 3.27. The van der Waals surface area contributed by atoms with E-state index < -0.39 is 0 Å². The van der Waals surface area contributed by atoms with Crippen molar-refractivity contribution in [3.05, 3.63) is 23.8 Å². The van der Waals surface area contributed by atoms with Crippen LogP contribution in [0.1, 0.15) is 56.5 Å². The van der Waals surface area contributed by atoms with Gasteiger partial charge in [-0.2, -0.15) is 5.10 Å². The lowest BCUT2D eigenvalue weighted by Gasteiger charge is -2.24. The summed E-state index contributed by atoms with van der Waals surface area (Å²) in [4.78, 5) is 4.68. The maximum absolute atomic E-state index is 4.68. The van der Waals surface area contributed by atoms with Gasteiger partial charge >= 0.3 is 0 Å². The van der Waals surface area contributed by atoms with Crippen LogP contribution in [0.25, 0.3) is 0 Å². The van der Waals surface area contributed by atoms with Crippen molar-refractivity contribution >= 4 is 11.6 Å². The zero-order chi connectivity index (χ0) is 14.8. The summed E-state index contributed by atoms with van der Waals surface area (Å²) < 4.78 is 4.20. The van der Waals surface area contributed by atoms with Crippen LogP contribution in [-0.4, -0.2) is 19.3 Å². The van der Waals surface area contributed by atoms with Crippen LogP contribution in [0.4, 0.5) is 11.6 Å². The summed E-state index contributed by atoms with van der Waals surface area (Å²) in [6.07, 6.45) is 11.7. The average molecular weight is 287 g/mol. The van der Waals surface area contributed by atoms with Crippen molar-refractivity contribution in [3.63, 3.8) is 0 Å². The molecule has 2 aromatic heterocycles. The van der Waals surface area contributed by atoms with Gasteiger partial charge in [0.2, 0.25) is 5.95 Å². The van der Waals surface area contributed by atoms with Gasteiger partial charge in [0.25, 0.3) is 0 Å². The number of aromatic nitrogens is 4. The molecule has 2 aromatic rings. The lowest BCUT2D eigenvalue weighted by molar-refractivity contribution is 0.356. The second-order valence-electron chi connectivity index (χ2n) is 6.05. The van der Waals surface area contributed by atoms with E-state index in [1.165, 1.54) is 32.1 Å². The molecular formula is C16H25N5. The highest BCUT2D eigenvalue weighted by atomic mass is 15.3. The lowest BCUT2D eigenvalue weighted by atomic mass is 9.95. The molecule has 0 unspecified atom stereocenters. The molecule has 5 heteroatoms. The topological polar surface area (TPSA) is 47.7 Å². The van der Waals surface area contributed by atoms with Crippen molar-refractivity contribution in [2.45, 2.75) is 58.4 Å². The van der Waals surface area contributed by atoms with Crippen molar-refractivity contribution in [2.75, 3.05) is 5.32 Å². The predicted octanol–water partition coefficient (Wildman–Crippen LogP) is 3.74. The molecule has 3 rings (SSSR count). The molecule has 0 aromatic carbocycles. The maximum atomic E-state index is 4.68. The van der Waals surface area contributed by atoms with Crippen LogP contribution in [0.15, 0.2) is 12.4 Å². The van der Waals surface area contributed by atoms with Crippen LogP contribution < -0.4 is 5.32 Å². The summed E-state index contributed by atoms with van der Waals surface area (Å²) in [5, 5.41) is 7.99. The van der Waals surface area contributed by atoms with Gasteiger partial charge in [-0.1, -0.05) is 26.2 Å². The minimum absolute atomic E-state index is 0.587. The third-order valence-electron chi connectivity index (χ3n) is 4.31. The molecule has 1 aliphatic carbocycles. The standard InChI is InChI=1S/C16H25N5/c1-4-14-15(11-20(3)19-14)18-16-17-12(2)10-21(16)13-8-6-5-7-9-13/h10-11,13H,4-9H2,1-3H3,(H,17,18). The van der Waals surface area contributed by atoms with E-state index in [-0.39, 0.29) is 0 Å². The zero-order valence-corrected chi connectivity index (χ0v) is 13.3.